The Morgan fingerprint density at radius 1 is 1.11 bits per heavy atom. The van der Waals surface area contributed by atoms with Crippen LogP contribution in [0.2, 0.25) is 0 Å². The molecule has 1 aromatic rings. The lowest BCUT2D eigenvalue weighted by molar-refractivity contribution is -0.137. The topological polar surface area (TPSA) is 30.5 Å². The second-order valence-electron chi connectivity index (χ2n) is 4.47. The molecule has 4 heteroatoms. The standard InChI is InChI=1S/C15H24BrNO2/c1-5-18-14(19-6-2)7-8-17-15-11(3)9-13(16)10-12(15)4/h9-10,14,17H,5-8H2,1-4H3. The normalized spacial score (nSPS) is 11.1. The van der Waals surface area contributed by atoms with Gasteiger partial charge in [-0.25, -0.2) is 0 Å². The summed E-state index contributed by atoms with van der Waals surface area (Å²) in [6, 6.07) is 4.25. The van der Waals surface area contributed by atoms with Gasteiger partial charge in [-0.1, -0.05) is 15.9 Å². The summed E-state index contributed by atoms with van der Waals surface area (Å²) in [5.41, 5.74) is 3.70. The minimum Gasteiger partial charge on any atom is -0.384 e. The van der Waals surface area contributed by atoms with E-state index in [9.17, 15) is 0 Å². The predicted octanol–water partition coefficient (Wildman–Crippen LogP) is 4.27. The number of aryl methyl sites for hydroxylation is 2. The highest BCUT2D eigenvalue weighted by molar-refractivity contribution is 9.10. The van der Waals surface area contributed by atoms with E-state index in [1.807, 2.05) is 13.8 Å². The number of halogens is 1. The van der Waals surface area contributed by atoms with Gasteiger partial charge in [-0.2, -0.15) is 0 Å². The average Bonchev–Trinajstić information content (AvgIpc) is 2.32. The molecule has 0 unspecified atom stereocenters. The van der Waals surface area contributed by atoms with Gasteiger partial charge in [-0.3, -0.25) is 0 Å². The number of rotatable bonds is 8. The quantitative estimate of drug-likeness (QED) is 0.722. The molecule has 0 saturated carbocycles. The fraction of sp³-hybridized carbons (Fsp3) is 0.600. The molecule has 3 nitrogen and oxygen atoms in total. The summed E-state index contributed by atoms with van der Waals surface area (Å²) < 4.78 is 12.2. The van der Waals surface area contributed by atoms with E-state index < -0.39 is 0 Å². The van der Waals surface area contributed by atoms with E-state index in [1.54, 1.807) is 0 Å². The highest BCUT2D eigenvalue weighted by Crippen LogP contribution is 2.25. The molecule has 0 amide bonds. The summed E-state index contributed by atoms with van der Waals surface area (Å²) in [5.74, 6) is 0. The van der Waals surface area contributed by atoms with Crippen molar-refractivity contribution in [2.75, 3.05) is 25.1 Å². The second kappa shape index (κ2) is 8.56. The molecule has 19 heavy (non-hydrogen) atoms. The lowest BCUT2D eigenvalue weighted by Gasteiger charge is -2.19. The minimum atomic E-state index is -0.112. The maximum Gasteiger partial charge on any atom is 0.159 e. The predicted molar refractivity (Wildman–Crippen MR) is 83.8 cm³/mol. The van der Waals surface area contributed by atoms with Gasteiger partial charge < -0.3 is 14.8 Å². The Bertz CT molecular complexity index is 367. The van der Waals surface area contributed by atoms with Crippen molar-refractivity contribution in [3.05, 3.63) is 27.7 Å². The summed E-state index contributed by atoms with van der Waals surface area (Å²) in [7, 11) is 0. The molecular formula is C15H24BrNO2. The van der Waals surface area contributed by atoms with E-state index in [4.69, 9.17) is 9.47 Å². The van der Waals surface area contributed by atoms with E-state index in [1.165, 1.54) is 16.8 Å². The van der Waals surface area contributed by atoms with E-state index in [2.05, 4.69) is 47.2 Å². The number of hydrogen-bond donors (Lipinski definition) is 1. The number of nitrogens with one attached hydrogen (secondary N) is 1. The third-order valence-corrected chi connectivity index (χ3v) is 3.34. The molecule has 1 rings (SSSR count). The Hall–Kier alpha value is -0.580. The van der Waals surface area contributed by atoms with Crippen LogP contribution in [0, 0.1) is 13.8 Å². The SMILES string of the molecule is CCOC(CCNc1c(C)cc(Br)cc1C)OCC. The largest absolute Gasteiger partial charge is 0.384 e. The van der Waals surface area contributed by atoms with E-state index >= 15 is 0 Å². The first-order chi connectivity index (χ1) is 9.08. The van der Waals surface area contributed by atoms with Crippen LogP contribution in [-0.4, -0.2) is 26.0 Å². The van der Waals surface area contributed by atoms with Crippen LogP contribution in [0.1, 0.15) is 31.4 Å². The first kappa shape index (κ1) is 16.5. The van der Waals surface area contributed by atoms with Crippen LogP contribution >= 0.6 is 15.9 Å². The highest BCUT2D eigenvalue weighted by Gasteiger charge is 2.09. The molecule has 0 saturated heterocycles. The van der Waals surface area contributed by atoms with Crippen molar-refractivity contribution in [2.45, 2.75) is 40.4 Å². The van der Waals surface area contributed by atoms with Crippen molar-refractivity contribution in [3.63, 3.8) is 0 Å². The Morgan fingerprint density at radius 2 is 1.63 bits per heavy atom. The first-order valence-corrected chi connectivity index (χ1v) is 7.61. The second-order valence-corrected chi connectivity index (χ2v) is 5.39. The molecule has 0 aliphatic rings. The van der Waals surface area contributed by atoms with Crippen molar-refractivity contribution < 1.29 is 9.47 Å². The molecule has 1 aromatic carbocycles. The monoisotopic (exact) mass is 329 g/mol. The average molecular weight is 330 g/mol. The zero-order valence-electron chi connectivity index (χ0n) is 12.3. The molecule has 0 radical (unpaired) electrons. The summed E-state index contributed by atoms with van der Waals surface area (Å²) in [5, 5.41) is 3.47. The Morgan fingerprint density at radius 3 is 2.11 bits per heavy atom. The Balaban J connectivity index is 2.52. The summed E-state index contributed by atoms with van der Waals surface area (Å²) in [4.78, 5) is 0. The smallest absolute Gasteiger partial charge is 0.159 e. The molecule has 0 aliphatic heterocycles. The summed E-state index contributed by atoms with van der Waals surface area (Å²) >= 11 is 3.51. The molecule has 0 fully saturated rings. The molecule has 0 aliphatic carbocycles. The van der Waals surface area contributed by atoms with Crippen LogP contribution in [0.25, 0.3) is 0 Å². The maximum atomic E-state index is 5.53. The van der Waals surface area contributed by atoms with Crippen LogP contribution in [-0.2, 0) is 9.47 Å². The van der Waals surface area contributed by atoms with Crippen LogP contribution in [0.5, 0.6) is 0 Å². The number of ether oxygens (including phenoxy) is 2. The van der Waals surface area contributed by atoms with Gasteiger partial charge in [0, 0.05) is 36.3 Å². The number of anilines is 1. The lowest BCUT2D eigenvalue weighted by Crippen LogP contribution is -2.21. The van der Waals surface area contributed by atoms with Gasteiger partial charge in [0.25, 0.3) is 0 Å². The van der Waals surface area contributed by atoms with E-state index in [0.717, 1.165) is 17.4 Å². The van der Waals surface area contributed by atoms with Crippen LogP contribution < -0.4 is 5.32 Å². The molecule has 0 heterocycles. The van der Waals surface area contributed by atoms with E-state index in [0.29, 0.717) is 13.2 Å². The van der Waals surface area contributed by atoms with Gasteiger partial charge in [-0.15, -0.1) is 0 Å². The van der Waals surface area contributed by atoms with Crippen LogP contribution in [0.15, 0.2) is 16.6 Å². The molecule has 1 N–H and O–H groups in total. The van der Waals surface area contributed by atoms with E-state index in [-0.39, 0.29) is 6.29 Å². The summed E-state index contributed by atoms with van der Waals surface area (Å²) in [6.45, 7) is 10.4. The molecular weight excluding hydrogens is 306 g/mol. The van der Waals surface area contributed by atoms with Crippen molar-refractivity contribution in [1.29, 1.82) is 0 Å². The maximum absolute atomic E-state index is 5.53. The fourth-order valence-electron chi connectivity index (χ4n) is 2.09. The Labute approximate surface area is 124 Å². The van der Waals surface area contributed by atoms with Gasteiger partial charge in [0.15, 0.2) is 6.29 Å². The fourth-order valence-corrected chi connectivity index (χ4v) is 2.78. The zero-order chi connectivity index (χ0) is 14.3. The lowest BCUT2D eigenvalue weighted by atomic mass is 10.1. The number of benzene rings is 1. The highest BCUT2D eigenvalue weighted by atomic mass is 79.9. The van der Waals surface area contributed by atoms with Crippen molar-refractivity contribution in [3.8, 4) is 0 Å². The zero-order valence-corrected chi connectivity index (χ0v) is 13.8. The van der Waals surface area contributed by atoms with Gasteiger partial charge in [0.1, 0.15) is 0 Å². The molecule has 0 aromatic heterocycles. The molecule has 0 spiro atoms. The van der Waals surface area contributed by atoms with Crippen LogP contribution in [0.3, 0.4) is 0 Å². The van der Waals surface area contributed by atoms with Gasteiger partial charge in [0.2, 0.25) is 0 Å². The Kier molecular flexibility index (Phi) is 7.42. The van der Waals surface area contributed by atoms with Crippen molar-refractivity contribution in [2.24, 2.45) is 0 Å². The van der Waals surface area contributed by atoms with Crippen molar-refractivity contribution in [1.82, 2.24) is 0 Å². The molecule has 108 valence electrons. The van der Waals surface area contributed by atoms with Crippen LogP contribution in [0.4, 0.5) is 5.69 Å². The number of hydrogen-bond acceptors (Lipinski definition) is 3. The van der Waals surface area contributed by atoms with Crippen molar-refractivity contribution >= 4 is 21.6 Å². The first-order valence-electron chi connectivity index (χ1n) is 6.82. The molecule has 0 atom stereocenters. The third kappa shape index (κ3) is 5.51. The van der Waals surface area contributed by atoms with Gasteiger partial charge >= 0.3 is 0 Å². The van der Waals surface area contributed by atoms with Gasteiger partial charge in [-0.05, 0) is 51.0 Å². The minimum absolute atomic E-state index is 0.112. The summed E-state index contributed by atoms with van der Waals surface area (Å²) in [6.07, 6.45) is 0.731. The third-order valence-electron chi connectivity index (χ3n) is 2.88. The molecule has 0 bridgehead atoms. The van der Waals surface area contributed by atoms with Gasteiger partial charge in [0.05, 0.1) is 0 Å².